The highest BCUT2D eigenvalue weighted by Crippen LogP contribution is 2.34. The third kappa shape index (κ3) is 4.11. The van der Waals surface area contributed by atoms with Gasteiger partial charge in [-0.2, -0.15) is 0 Å². The molecule has 6 nitrogen and oxygen atoms in total. The number of nitrogens with zero attached hydrogens (tertiary/aromatic N) is 1. The second-order valence-corrected chi connectivity index (χ2v) is 6.11. The highest BCUT2D eigenvalue weighted by Gasteiger charge is 2.30. The number of thiocarbonyl (C=S) groups is 1. The van der Waals surface area contributed by atoms with Crippen molar-refractivity contribution >= 4 is 29.3 Å². The van der Waals surface area contributed by atoms with E-state index in [2.05, 4.69) is 5.32 Å². The summed E-state index contributed by atoms with van der Waals surface area (Å²) >= 11 is 5.29. The third-order valence-corrected chi connectivity index (χ3v) is 4.26. The van der Waals surface area contributed by atoms with Crippen LogP contribution in [-0.2, 0) is 9.53 Å². The Balaban J connectivity index is 1.76. The van der Waals surface area contributed by atoms with Crippen molar-refractivity contribution in [1.82, 2.24) is 10.2 Å². The van der Waals surface area contributed by atoms with Crippen molar-refractivity contribution < 1.29 is 19.0 Å². The van der Waals surface area contributed by atoms with Crippen LogP contribution in [0.5, 0.6) is 11.5 Å². The number of amides is 1. The van der Waals surface area contributed by atoms with Crippen molar-refractivity contribution in [2.75, 3.05) is 33.0 Å². The summed E-state index contributed by atoms with van der Waals surface area (Å²) in [6.07, 6.45) is 3.34. The smallest absolute Gasteiger partial charge is 0.276 e. The highest BCUT2D eigenvalue weighted by atomic mass is 32.1. The van der Waals surface area contributed by atoms with Crippen LogP contribution in [0.3, 0.4) is 0 Å². The quantitative estimate of drug-likeness (QED) is 0.476. The average Bonchev–Trinajstić information content (AvgIpc) is 2.80. The Labute approximate surface area is 152 Å². The van der Waals surface area contributed by atoms with Gasteiger partial charge in [0.2, 0.25) is 0 Å². The number of rotatable bonds is 6. The van der Waals surface area contributed by atoms with Crippen LogP contribution >= 0.6 is 12.2 Å². The number of benzene rings is 1. The maximum absolute atomic E-state index is 12.6. The molecule has 0 atom stereocenters. The summed E-state index contributed by atoms with van der Waals surface area (Å²) in [4.78, 5) is 14.2. The Morgan fingerprint density at radius 1 is 1.36 bits per heavy atom. The van der Waals surface area contributed by atoms with Gasteiger partial charge < -0.3 is 19.5 Å². The van der Waals surface area contributed by atoms with Crippen LogP contribution in [0.4, 0.5) is 0 Å². The van der Waals surface area contributed by atoms with Crippen molar-refractivity contribution in [1.29, 1.82) is 0 Å². The molecule has 0 spiro atoms. The van der Waals surface area contributed by atoms with Crippen molar-refractivity contribution in [3.8, 4) is 11.5 Å². The molecule has 2 aliphatic rings. The van der Waals surface area contributed by atoms with E-state index in [0.717, 1.165) is 18.4 Å². The van der Waals surface area contributed by atoms with Crippen molar-refractivity contribution in [3.63, 3.8) is 0 Å². The number of hydrogen-bond donors (Lipinski definition) is 1. The van der Waals surface area contributed by atoms with Crippen LogP contribution < -0.4 is 14.8 Å². The lowest BCUT2D eigenvalue weighted by molar-refractivity contribution is -0.122. The number of fused-ring (bicyclic) bond motifs is 1. The Morgan fingerprint density at radius 2 is 2.20 bits per heavy atom. The van der Waals surface area contributed by atoms with E-state index >= 15 is 0 Å². The Kier molecular flexibility index (Phi) is 5.88. The zero-order valence-electron chi connectivity index (χ0n) is 14.2. The minimum atomic E-state index is -0.131. The predicted molar refractivity (Wildman–Crippen MR) is 98.6 cm³/mol. The van der Waals surface area contributed by atoms with E-state index in [4.69, 9.17) is 26.4 Å². The first kappa shape index (κ1) is 17.7. The van der Waals surface area contributed by atoms with Gasteiger partial charge in [0.1, 0.15) is 5.70 Å². The van der Waals surface area contributed by atoms with Crippen LogP contribution in [-0.4, -0.2) is 48.9 Å². The molecule has 1 aromatic carbocycles. The van der Waals surface area contributed by atoms with E-state index in [1.54, 1.807) is 11.0 Å². The summed E-state index contributed by atoms with van der Waals surface area (Å²) < 4.78 is 16.8. The predicted octanol–water partition coefficient (Wildman–Crippen LogP) is 2.33. The van der Waals surface area contributed by atoms with E-state index in [0.29, 0.717) is 55.3 Å². The van der Waals surface area contributed by atoms with Gasteiger partial charge in [0.15, 0.2) is 16.6 Å². The Morgan fingerprint density at radius 3 is 3.04 bits per heavy atom. The molecular formula is C18H22N2O4S. The summed E-state index contributed by atoms with van der Waals surface area (Å²) in [6, 6.07) is 5.66. The summed E-state index contributed by atoms with van der Waals surface area (Å²) in [5.41, 5.74) is 1.25. The molecule has 1 saturated heterocycles. The van der Waals surface area contributed by atoms with Crippen molar-refractivity contribution in [2.45, 2.75) is 19.8 Å². The van der Waals surface area contributed by atoms with Crippen LogP contribution in [0.25, 0.3) is 6.08 Å². The fourth-order valence-electron chi connectivity index (χ4n) is 2.73. The van der Waals surface area contributed by atoms with E-state index in [1.807, 2.05) is 25.1 Å². The van der Waals surface area contributed by atoms with Gasteiger partial charge in [-0.1, -0.05) is 12.1 Å². The standard InChI is InChI=1S/C18H22N2O4S/c1-2-22-9-4-8-20-17(21)14(19-18(20)25)12-13-6-3-7-15-16(13)24-11-5-10-23-15/h3,6-7,12H,2,4-5,8-11H2,1H3,(H,19,25)/b14-12-. The van der Waals surface area contributed by atoms with Gasteiger partial charge in [-0.15, -0.1) is 0 Å². The molecule has 2 heterocycles. The van der Waals surface area contributed by atoms with Crippen LogP contribution in [0, 0.1) is 0 Å². The Hall–Kier alpha value is -2.12. The topological polar surface area (TPSA) is 60.0 Å². The second-order valence-electron chi connectivity index (χ2n) is 5.72. The summed E-state index contributed by atoms with van der Waals surface area (Å²) in [5, 5.41) is 3.42. The molecule has 1 fully saturated rings. The SMILES string of the molecule is CCOCCCN1C(=O)/C(=C/c2cccc3c2OCCCO3)NC1=S. The van der Waals surface area contributed by atoms with Crippen LogP contribution in [0.1, 0.15) is 25.3 Å². The number of carbonyl (C=O) groups excluding carboxylic acids is 1. The molecule has 0 aliphatic carbocycles. The van der Waals surface area contributed by atoms with Gasteiger partial charge in [0, 0.05) is 31.7 Å². The molecular weight excluding hydrogens is 340 g/mol. The van der Waals surface area contributed by atoms with Gasteiger partial charge in [0.05, 0.1) is 13.2 Å². The maximum Gasteiger partial charge on any atom is 0.276 e. The molecule has 1 N–H and O–H groups in total. The molecule has 134 valence electrons. The fourth-order valence-corrected chi connectivity index (χ4v) is 3.01. The van der Waals surface area contributed by atoms with Gasteiger partial charge in [0.25, 0.3) is 5.91 Å². The zero-order valence-corrected chi connectivity index (χ0v) is 15.1. The number of hydrogen-bond acceptors (Lipinski definition) is 5. The molecule has 0 saturated carbocycles. The Bertz CT molecular complexity index is 690. The lowest BCUT2D eigenvalue weighted by atomic mass is 10.1. The molecule has 2 aliphatic heterocycles. The third-order valence-electron chi connectivity index (χ3n) is 3.94. The largest absolute Gasteiger partial charge is 0.490 e. The lowest BCUT2D eigenvalue weighted by Crippen LogP contribution is -2.32. The van der Waals surface area contributed by atoms with E-state index in [1.165, 1.54) is 0 Å². The molecule has 0 radical (unpaired) electrons. The lowest BCUT2D eigenvalue weighted by Gasteiger charge is -2.13. The molecule has 3 rings (SSSR count). The highest BCUT2D eigenvalue weighted by molar-refractivity contribution is 7.80. The molecule has 7 heteroatoms. The van der Waals surface area contributed by atoms with Gasteiger partial charge >= 0.3 is 0 Å². The second kappa shape index (κ2) is 8.31. The van der Waals surface area contributed by atoms with E-state index in [9.17, 15) is 4.79 Å². The van der Waals surface area contributed by atoms with Crippen molar-refractivity contribution in [2.24, 2.45) is 0 Å². The first-order chi connectivity index (χ1) is 12.2. The monoisotopic (exact) mass is 362 g/mol. The molecule has 0 bridgehead atoms. The normalized spacial score (nSPS) is 18.4. The van der Waals surface area contributed by atoms with Crippen LogP contribution in [0.15, 0.2) is 23.9 Å². The average molecular weight is 362 g/mol. The summed E-state index contributed by atoms with van der Waals surface area (Å²) in [5.74, 6) is 1.24. The number of ether oxygens (including phenoxy) is 3. The number of carbonyl (C=O) groups is 1. The molecule has 1 amide bonds. The maximum atomic E-state index is 12.6. The van der Waals surface area contributed by atoms with Gasteiger partial charge in [-0.05, 0) is 37.7 Å². The molecule has 1 aromatic rings. The molecule has 0 unspecified atom stereocenters. The minimum Gasteiger partial charge on any atom is -0.490 e. The van der Waals surface area contributed by atoms with Crippen molar-refractivity contribution in [3.05, 3.63) is 29.5 Å². The van der Waals surface area contributed by atoms with E-state index < -0.39 is 0 Å². The first-order valence-corrected chi connectivity index (χ1v) is 8.92. The number of nitrogens with one attached hydrogen (secondary N) is 1. The summed E-state index contributed by atoms with van der Waals surface area (Å²) in [6.45, 7) is 4.98. The van der Waals surface area contributed by atoms with Gasteiger partial charge in [-0.3, -0.25) is 9.69 Å². The first-order valence-electron chi connectivity index (χ1n) is 8.51. The van der Waals surface area contributed by atoms with Gasteiger partial charge in [-0.25, -0.2) is 0 Å². The summed E-state index contributed by atoms with van der Waals surface area (Å²) in [7, 11) is 0. The fraction of sp³-hybridized carbons (Fsp3) is 0.444. The molecule has 25 heavy (non-hydrogen) atoms. The zero-order chi connectivity index (χ0) is 17.6. The number of para-hydroxylation sites is 1. The van der Waals surface area contributed by atoms with E-state index in [-0.39, 0.29) is 5.91 Å². The molecule has 0 aromatic heterocycles. The van der Waals surface area contributed by atoms with Crippen LogP contribution in [0.2, 0.25) is 0 Å². The minimum absolute atomic E-state index is 0.131.